The smallest absolute Gasteiger partial charge is 0.361 e. The molecule has 0 radical (unpaired) electrons. The molecule has 2 nitrogen and oxygen atoms in total. The summed E-state index contributed by atoms with van der Waals surface area (Å²) in [5, 5.41) is 2.48. The van der Waals surface area contributed by atoms with Gasteiger partial charge in [-0.3, -0.25) is 4.79 Å². The molecule has 0 unspecified atom stereocenters. The number of rotatable bonds is 4. The van der Waals surface area contributed by atoms with Gasteiger partial charge in [0, 0.05) is 23.9 Å². The van der Waals surface area contributed by atoms with Crippen molar-refractivity contribution in [1.82, 2.24) is 0 Å². The minimum atomic E-state index is -4.91. The molecule has 28 heavy (non-hydrogen) atoms. The van der Waals surface area contributed by atoms with E-state index in [9.17, 15) is 31.1 Å². The lowest BCUT2D eigenvalue weighted by Gasteiger charge is -2.36. The maximum Gasteiger partial charge on any atom is 0.416 e. The molecule has 1 saturated carbocycles. The first-order valence-electron chi connectivity index (χ1n) is 9.02. The van der Waals surface area contributed by atoms with Crippen LogP contribution in [0.5, 0.6) is 0 Å². The Bertz CT molecular complexity index is 729. The second-order valence-corrected chi connectivity index (χ2v) is 7.81. The second-order valence-electron chi connectivity index (χ2n) is 7.81. The van der Waals surface area contributed by atoms with Crippen LogP contribution in [0, 0.1) is 11.3 Å². The Morgan fingerprint density at radius 3 is 2.04 bits per heavy atom. The third-order valence-corrected chi connectivity index (χ3v) is 5.56. The van der Waals surface area contributed by atoms with Crippen LogP contribution in [0.25, 0.3) is 0 Å². The average Bonchev–Trinajstić information content (AvgIpc) is 2.59. The lowest BCUT2D eigenvalue weighted by Crippen LogP contribution is -2.29. The largest absolute Gasteiger partial charge is 0.416 e. The molecule has 1 aromatic rings. The van der Waals surface area contributed by atoms with Crippen molar-refractivity contribution in [3.63, 3.8) is 0 Å². The molecule has 1 aliphatic carbocycles. The molecule has 1 atom stereocenters. The first kappa shape index (κ1) is 22.3. The molecular formula is C20H23F6NO. The number of benzene rings is 1. The summed E-state index contributed by atoms with van der Waals surface area (Å²) in [6.45, 7) is 6.21. The minimum Gasteiger partial charge on any atom is -0.361 e. The van der Waals surface area contributed by atoms with Crippen molar-refractivity contribution in [3.05, 3.63) is 41.1 Å². The van der Waals surface area contributed by atoms with E-state index in [1.165, 1.54) is 6.20 Å². The standard InChI is InChI=1S/C20H23F6NO/c1-4-18(2,3)13-5-6-17(28)12(7-13)11-27-16-9-14(19(21,22)23)8-15(10-16)20(24,25)26/h8-11,13,27H,4-7H2,1-3H3/b12-11+/t13-/m0/s1. The maximum absolute atomic E-state index is 12.9. The van der Waals surface area contributed by atoms with Gasteiger partial charge in [-0.25, -0.2) is 0 Å². The molecule has 1 aliphatic rings. The number of anilines is 1. The molecule has 0 heterocycles. The van der Waals surface area contributed by atoms with Crippen molar-refractivity contribution in [3.8, 4) is 0 Å². The van der Waals surface area contributed by atoms with E-state index >= 15 is 0 Å². The minimum absolute atomic E-state index is 0.0144. The number of ketones is 1. The van der Waals surface area contributed by atoms with Crippen LogP contribution in [-0.2, 0) is 17.1 Å². The van der Waals surface area contributed by atoms with E-state index in [0.29, 0.717) is 30.5 Å². The van der Waals surface area contributed by atoms with E-state index in [2.05, 4.69) is 19.2 Å². The van der Waals surface area contributed by atoms with Gasteiger partial charge in [0.15, 0.2) is 5.78 Å². The molecule has 0 bridgehead atoms. The predicted molar refractivity (Wildman–Crippen MR) is 94.6 cm³/mol. The van der Waals surface area contributed by atoms with E-state index in [4.69, 9.17) is 0 Å². The Morgan fingerprint density at radius 2 is 1.57 bits per heavy atom. The summed E-state index contributed by atoms with van der Waals surface area (Å²) in [6, 6.07) is 1.28. The highest BCUT2D eigenvalue weighted by atomic mass is 19.4. The van der Waals surface area contributed by atoms with Gasteiger partial charge in [-0.05, 0) is 42.4 Å². The number of halogens is 6. The summed E-state index contributed by atoms with van der Waals surface area (Å²) < 4.78 is 77.7. The van der Waals surface area contributed by atoms with Crippen LogP contribution in [0.3, 0.4) is 0 Å². The van der Waals surface area contributed by atoms with Crippen LogP contribution >= 0.6 is 0 Å². The summed E-state index contributed by atoms with van der Waals surface area (Å²) >= 11 is 0. The van der Waals surface area contributed by atoms with Gasteiger partial charge in [0.25, 0.3) is 0 Å². The Hall–Kier alpha value is -1.99. The lowest BCUT2D eigenvalue weighted by molar-refractivity contribution is -0.143. The van der Waals surface area contributed by atoms with Gasteiger partial charge in [0.1, 0.15) is 0 Å². The first-order valence-corrected chi connectivity index (χ1v) is 9.02. The monoisotopic (exact) mass is 407 g/mol. The fraction of sp³-hybridized carbons (Fsp3) is 0.550. The van der Waals surface area contributed by atoms with Crippen LogP contribution in [0.2, 0.25) is 0 Å². The number of carbonyl (C=O) groups excluding carboxylic acids is 1. The molecule has 8 heteroatoms. The zero-order chi connectivity index (χ0) is 21.3. The molecule has 0 saturated heterocycles. The quantitative estimate of drug-likeness (QED) is 0.438. The molecule has 0 aromatic heterocycles. The number of hydrogen-bond acceptors (Lipinski definition) is 2. The highest BCUT2D eigenvalue weighted by Crippen LogP contribution is 2.41. The molecular weight excluding hydrogens is 384 g/mol. The van der Waals surface area contributed by atoms with Crippen LogP contribution in [0.1, 0.15) is 57.6 Å². The van der Waals surface area contributed by atoms with Crippen LogP contribution in [0.4, 0.5) is 32.0 Å². The fourth-order valence-corrected chi connectivity index (χ4v) is 3.25. The highest BCUT2D eigenvalue weighted by molar-refractivity contribution is 5.96. The van der Waals surface area contributed by atoms with Crippen LogP contribution < -0.4 is 5.32 Å². The number of carbonyl (C=O) groups is 1. The van der Waals surface area contributed by atoms with Gasteiger partial charge in [-0.15, -0.1) is 0 Å². The van der Waals surface area contributed by atoms with Crippen LogP contribution in [-0.4, -0.2) is 5.78 Å². The Labute approximate surface area is 160 Å². The molecule has 0 spiro atoms. The Kier molecular flexibility index (Phi) is 6.21. The van der Waals surface area contributed by atoms with E-state index < -0.39 is 23.5 Å². The zero-order valence-electron chi connectivity index (χ0n) is 15.9. The zero-order valence-corrected chi connectivity index (χ0v) is 15.9. The Balaban J connectivity index is 2.32. The van der Waals surface area contributed by atoms with Crippen molar-refractivity contribution in [1.29, 1.82) is 0 Å². The number of nitrogens with one attached hydrogen (secondary N) is 1. The number of hydrogen-bond donors (Lipinski definition) is 1. The number of alkyl halides is 6. The van der Waals surface area contributed by atoms with Crippen LogP contribution in [0.15, 0.2) is 30.0 Å². The van der Waals surface area contributed by atoms with Gasteiger partial charge in [0.05, 0.1) is 11.1 Å². The van der Waals surface area contributed by atoms with Gasteiger partial charge in [-0.2, -0.15) is 26.3 Å². The maximum atomic E-state index is 12.9. The highest BCUT2D eigenvalue weighted by Gasteiger charge is 2.37. The normalized spacial score (nSPS) is 20.5. The molecule has 2 rings (SSSR count). The van der Waals surface area contributed by atoms with Gasteiger partial charge < -0.3 is 5.32 Å². The molecule has 1 N–H and O–H groups in total. The SMILES string of the molecule is CCC(C)(C)[C@H]1CCC(=O)/C(=C/Nc2cc(C(F)(F)F)cc(C(F)(F)F)c2)C1. The van der Waals surface area contributed by atoms with E-state index in [-0.39, 0.29) is 28.9 Å². The molecule has 0 amide bonds. The van der Waals surface area contributed by atoms with E-state index in [1.807, 2.05) is 6.92 Å². The summed E-state index contributed by atoms with van der Waals surface area (Å²) in [6.07, 6.45) is -6.21. The van der Waals surface area contributed by atoms with E-state index in [0.717, 1.165) is 12.8 Å². The second kappa shape index (κ2) is 7.79. The van der Waals surface area contributed by atoms with Crippen molar-refractivity contribution >= 4 is 11.5 Å². The fourth-order valence-electron chi connectivity index (χ4n) is 3.25. The average molecular weight is 407 g/mol. The summed E-state index contributed by atoms with van der Waals surface area (Å²) in [5.74, 6) is 0.0779. The third kappa shape index (κ3) is 5.29. The van der Waals surface area contributed by atoms with Gasteiger partial charge in [0.2, 0.25) is 0 Å². The number of Topliss-reactive ketones (excluding diaryl/α,β-unsaturated/α-hetero) is 1. The molecule has 0 aliphatic heterocycles. The molecule has 1 aromatic carbocycles. The topological polar surface area (TPSA) is 29.1 Å². The van der Waals surface area contributed by atoms with Gasteiger partial charge >= 0.3 is 12.4 Å². The number of allylic oxidation sites excluding steroid dienone is 1. The van der Waals surface area contributed by atoms with Crippen molar-refractivity contribution in [2.24, 2.45) is 11.3 Å². The van der Waals surface area contributed by atoms with Crippen molar-refractivity contribution < 1.29 is 31.1 Å². The lowest BCUT2D eigenvalue weighted by atomic mass is 9.68. The van der Waals surface area contributed by atoms with Crippen molar-refractivity contribution in [2.45, 2.75) is 58.8 Å². The Morgan fingerprint density at radius 1 is 1.04 bits per heavy atom. The predicted octanol–water partition coefficient (Wildman–Crippen LogP) is 6.83. The summed E-state index contributed by atoms with van der Waals surface area (Å²) in [5.41, 5.74) is -2.78. The van der Waals surface area contributed by atoms with E-state index in [1.54, 1.807) is 0 Å². The van der Waals surface area contributed by atoms with Crippen molar-refractivity contribution in [2.75, 3.05) is 5.32 Å². The van der Waals surface area contributed by atoms with Gasteiger partial charge in [-0.1, -0.05) is 27.2 Å². The summed E-state index contributed by atoms with van der Waals surface area (Å²) in [7, 11) is 0. The first-order chi connectivity index (χ1) is 12.7. The summed E-state index contributed by atoms with van der Waals surface area (Å²) in [4.78, 5) is 12.2. The molecule has 156 valence electrons. The third-order valence-electron chi connectivity index (χ3n) is 5.56. The molecule has 1 fully saturated rings.